The summed E-state index contributed by atoms with van der Waals surface area (Å²) in [5.74, 6) is 1.74. The first-order chi connectivity index (χ1) is 11.5. The highest BCUT2D eigenvalue weighted by molar-refractivity contribution is 14.0. The maximum atomic E-state index is 12.1. The van der Waals surface area contributed by atoms with E-state index in [0.717, 1.165) is 44.7 Å². The lowest BCUT2D eigenvalue weighted by Crippen LogP contribution is -2.50. The fourth-order valence-corrected chi connectivity index (χ4v) is 4.49. The summed E-state index contributed by atoms with van der Waals surface area (Å²) in [6.45, 7) is 11.3. The van der Waals surface area contributed by atoms with Gasteiger partial charge in [0.15, 0.2) is 5.96 Å². The van der Waals surface area contributed by atoms with Crippen molar-refractivity contribution in [3.8, 4) is 0 Å². The van der Waals surface area contributed by atoms with Gasteiger partial charge in [-0.25, -0.2) is 12.7 Å². The van der Waals surface area contributed by atoms with E-state index in [9.17, 15) is 8.42 Å². The van der Waals surface area contributed by atoms with Crippen LogP contribution in [0, 0.1) is 5.92 Å². The van der Waals surface area contributed by atoms with Gasteiger partial charge < -0.3 is 10.6 Å². The predicted molar refractivity (Wildman–Crippen MR) is 117 cm³/mol. The zero-order chi connectivity index (χ0) is 18.0. The summed E-state index contributed by atoms with van der Waals surface area (Å²) >= 11 is 0. The second-order valence-corrected chi connectivity index (χ2v) is 8.62. The zero-order valence-electron chi connectivity index (χ0n) is 16.3. The van der Waals surface area contributed by atoms with E-state index in [0.29, 0.717) is 25.4 Å². The van der Waals surface area contributed by atoms with Crippen LogP contribution in [0.1, 0.15) is 59.8 Å². The quantitative estimate of drug-likeness (QED) is 0.298. The molecule has 0 spiro atoms. The van der Waals surface area contributed by atoms with Crippen LogP contribution < -0.4 is 10.6 Å². The van der Waals surface area contributed by atoms with Crippen LogP contribution in [0.3, 0.4) is 0 Å². The second kappa shape index (κ2) is 13.1. The van der Waals surface area contributed by atoms with Crippen molar-refractivity contribution in [2.45, 2.75) is 65.8 Å². The number of guanidine groups is 1. The summed E-state index contributed by atoms with van der Waals surface area (Å²) in [6.07, 6.45) is 4.63. The molecule has 0 aliphatic carbocycles. The van der Waals surface area contributed by atoms with E-state index >= 15 is 0 Å². The Morgan fingerprint density at radius 3 is 2.24 bits per heavy atom. The third-order valence-corrected chi connectivity index (χ3v) is 6.73. The Morgan fingerprint density at radius 2 is 1.76 bits per heavy atom. The van der Waals surface area contributed by atoms with Crippen molar-refractivity contribution in [2.75, 3.05) is 31.9 Å². The zero-order valence-corrected chi connectivity index (χ0v) is 19.4. The van der Waals surface area contributed by atoms with Gasteiger partial charge >= 0.3 is 0 Å². The molecule has 0 unspecified atom stereocenters. The Morgan fingerprint density at radius 1 is 1.16 bits per heavy atom. The molecule has 1 aliphatic heterocycles. The fraction of sp³-hybridized carbons (Fsp3) is 0.941. The Hall–Kier alpha value is -0.0900. The molecule has 0 atom stereocenters. The minimum Gasteiger partial charge on any atom is -0.357 e. The SMILES string of the molecule is CCCS(=O)(=O)N1CCC(NC(=NCC(CC)CC)NCC)CC1.I. The molecule has 6 nitrogen and oxygen atoms in total. The third-order valence-electron chi connectivity index (χ3n) is 4.66. The van der Waals surface area contributed by atoms with E-state index in [1.165, 1.54) is 0 Å². The van der Waals surface area contributed by atoms with Crippen molar-refractivity contribution in [3.05, 3.63) is 0 Å². The topological polar surface area (TPSA) is 73.8 Å². The molecule has 2 N–H and O–H groups in total. The van der Waals surface area contributed by atoms with Crippen LogP contribution in [0.5, 0.6) is 0 Å². The van der Waals surface area contributed by atoms with Crippen molar-refractivity contribution in [3.63, 3.8) is 0 Å². The molecule has 1 rings (SSSR count). The van der Waals surface area contributed by atoms with E-state index < -0.39 is 10.0 Å². The van der Waals surface area contributed by atoms with Gasteiger partial charge in [0.25, 0.3) is 0 Å². The van der Waals surface area contributed by atoms with Gasteiger partial charge in [0.05, 0.1) is 5.75 Å². The number of hydrogen-bond acceptors (Lipinski definition) is 3. The third kappa shape index (κ3) is 8.90. The molecule has 1 aliphatic rings. The molecule has 0 aromatic rings. The van der Waals surface area contributed by atoms with Gasteiger partial charge in [0.1, 0.15) is 0 Å². The van der Waals surface area contributed by atoms with Gasteiger partial charge in [-0.15, -0.1) is 24.0 Å². The van der Waals surface area contributed by atoms with Crippen molar-refractivity contribution in [1.82, 2.24) is 14.9 Å². The van der Waals surface area contributed by atoms with Gasteiger partial charge in [0, 0.05) is 32.2 Å². The standard InChI is InChI=1S/C17H36N4O2S.HI/c1-5-13-24(22,23)21-11-9-16(10-12-21)20-17(18-8-4)19-14-15(6-2)7-3;/h15-16H,5-14H2,1-4H3,(H2,18,19,20);1H. The maximum absolute atomic E-state index is 12.1. The van der Waals surface area contributed by atoms with Crippen LogP contribution in [-0.2, 0) is 10.0 Å². The number of rotatable bonds is 9. The molecule has 150 valence electrons. The van der Waals surface area contributed by atoms with Crippen molar-refractivity contribution >= 4 is 40.0 Å². The van der Waals surface area contributed by atoms with Crippen molar-refractivity contribution in [2.24, 2.45) is 10.9 Å². The lowest BCUT2D eigenvalue weighted by Gasteiger charge is -2.32. The summed E-state index contributed by atoms with van der Waals surface area (Å²) in [6, 6.07) is 0.289. The number of hydrogen-bond donors (Lipinski definition) is 2. The van der Waals surface area contributed by atoms with E-state index in [-0.39, 0.29) is 35.8 Å². The number of halogens is 1. The molecule has 1 saturated heterocycles. The van der Waals surface area contributed by atoms with Crippen LogP contribution in [0.25, 0.3) is 0 Å². The van der Waals surface area contributed by atoms with Crippen molar-refractivity contribution in [1.29, 1.82) is 0 Å². The van der Waals surface area contributed by atoms with Gasteiger partial charge in [-0.05, 0) is 32.1 Å². The highest BCUT2D eigenvalue weighted by atomic mass is 127. The van der Waals surface area contributed by atoms with Gasteiger partial charge in [-0.2, -0.15) is 0 Å². The van der Waals surface area contributed by atoms with Crippen LogP contribution in [-0.4, -0.2) is 56.7 Å². The van der Waals surface area contributed by atoms with E-state index in [1.807, 2.05) is 6.92 Å². The lowest BCUT2D eigenvalue weighted by atomic mass is 10.0. The monoisotopic (exact) mass is 488 g/mol. The molecule has 0 amide bonds. The summed E-state index contributed by atoms with van der Waals surface area (Å²) in [7, 11) is -3.06. The summed E-state index contributed by atoms with van der Waals surface area (Å²) in [4.78, 5) is 4.71. The predicted octanol–water partition coefficient (Wildman–Crippen LogP) is 2.80. The largest absolute Gasteiger partial charge is 0.357 e. The Bertz CT molecular complexity index is 473. The van der Waals surface area contributed by atoms with Crippen LogP contribution in [0.2, 0.25) is 0 Å². The minimum absolute atomic E-state index is 0. The Labute approximate surface area is 171 Å². The summed E-state index contributed by atoms with van der Waals surface area (Å²) in [5.41, 5.74) is 0. The molecule has 1 fully saturated rings. The maximum Gasteiger partial charge on any atom is 0.214 e. The molecule has 0 radical (unpaired) electrons. The van der Waals surface area contributed by atoms with Gasteiger partial charge in [0.2, 0.25) is 10.0 Å². The molecule has 0 aromatic heterocycles. The van der Waals surface area contributed by atoms with Crippen LogP contribution in [0.4, 0.5) is 0 Å². The second-order valence-electron chi connectivity index (χ2n) is 6.54. The Balaban J connectivity index is 0.00000576. The first-order valence-electron chi connectivity index (χ1n) is 9.49. The Kier molecular flexibility index (Phi) is 13.1. The minimum atomic E-state index is -3.06. The number of piperidine rings is 1. The number of aliphatic imine (C=N–C) groups is 1. The molecule has 0 saturated carbocycles. The van der Waals surface area contributed by atoms with Crippen molar-refractivity contribution < 1.29 is 8.42 Å². The lowest BCUT2D eigenvalue weighted by molar-refractivity contribution is 0.306. The first kappa shape index (κ1) is 24.9. The first-order valence-corrected chi connectivity index (χ1v) is 11.1. The molecule has 8 heteroatoms. The smallest absolute Gasteiger partial charge is 0.214 e. The molecule has 25 heavy (non-hydrogen) atoms. The molecule has 0 aromatic carbocycles. The number of nitrogens with one attached hydrogen (secondary N) is 2. The summed E-state index contributed by atoms with van der Waals surface area (Å²) < 4.78 is 25.9. The highest BCUT2D eigenvalue weighted by Crippen LogP contribution is 2.15. The number of nitrogens with zero attached hydrogens (tertiary/aromatic N) is 2. The van der Waals surface area contributed by atoms with Crippen LogP contribution >= 0.6 is 24.0 Å². The highest BCUT2D eigenvalue weighted by Gasteiger charge is 2.27. The average Bonchev–Trinajstić information content (AvgIpc) is 2.56. The summed E-state index contributed by atoms with van der Waals surface area (Å²) in [5, 5.41) is 6.78. The molecule has 0 bridgehead atoms. The van der Waals surface area contributed by atoms with Crippen LogP contribution in [0.15, 0.2) is 4.99 Å². The van der Waals surface area contributed by atoms with E-state index in [4.69, 9.17) is 4.99 Å². The van der Waals surface area contributed by atoms with Gasteiger partial charge in [-0.1, -0.05) is 33.6 Å². The normalized spacial score (nSPS) is 17.4. The molecule has 1 heterocycles. The number of sulfonamides is 1. The van der Waals surface area contributed by atoms with Gasteiger partial charge in [-0.3, -0.25) is 4.99 Å². The fourth-order valence-electron chi connectivity index (χ4n) is 2.95. The molecular weight excluding hydrogens is 451 g/mol. The van der Waals surface area contributed by atoms with E-state index in [1.54, 1.807) is 4.31 Å². The average molecular weight is 488 g/mol. The van der Waals surface area contributed by atoms with E-state index in [2.05, 4.69) is 31.4 Å². The molecular formula is C17H37IN4O2S.